The number of benzene rings is 1. The molecule has 19 heavy (non-hydrogen) atoms. The van der Waals surface area contributed by atoms with Gasteiger partial charge < -0.3 is 14.8 Å². The molecule has 2 heterocycles. The van der Waals surface area contributed by atoms with E-state index >= 15 is 0 Å². The molecule has 1 saturated heterocycles. The Balaban J connectivity index is 1.77. The second-order valence-corrected chi connectivity index (χ2v) is 6.20. The van der Waals surface area contributed by atoms with Crippen molar-refractivity contribution in [1.29, 1.82) is 0 Å². The molecule has 0 amide bonds. The molecule has 3 heteroatoms. The molecule has 1 atom stereocenters. The lowest BCUT2D eigenvalue weighted by atomic mass is 10.0. The molecule has 0 spiro atoms. The summed E-state index contributed by atoms with van der Waals surface area (Å²) in [5, 5.41) is 3.42. The van der Waals surface area contributed by atoms with Crippen LogP contribution in [0, 0.1) is 0 Å². The summed E-state index contributed by atoms with van der Waals surface area (Å²) in [6.07, 6.45) is 4.67. The van der Waals surface area contributed by atoms with E-state index in [2.05, 4.69) is 31.3 Å². The molecule has 2 aliphatic rings. The third-order valence-electron chi connectivity index (χ3n) is 3.87. The predicted octanol–water partition coefficient (Wildman–Crippen LogP) is 2.92. The van der Waals surface area contributed by atoms with Crippen LogP contribution in [0.2, 0.25) is 0 Å². The molecular weight excluding hydrogens is 238 g/mol. The summed E-state index contributed by atoms with van der Waals surface area (Å²) >= 11 is 0. The van der Waals surface area contributed by atoms with Gasteiger partial charge in [0.2, 0.25) is 0 Å². The smallest absolute Gasteiger partial charge is 0.165 e. The molecule has 2 aliphatic heterocycles. The van der Waals surface area contributed by atoms with Crippen LogP contribution in [0.25, 0.3) is 0 Å². The molecule has 0 aromatic heterocycles. The van der Waals surface area contributed by atoms with Crippen molar-refractivity contribution in [3.05, 3.63) is 23.8 Å². The normalized spacial score (nSPS) is 25.3. The minimum absolute atomic E-state index is 0.104. The summed E-state index contributed by atoms with van der Waals surface area (Å²) in [7, 11) is 0. The van der Waals surface area contributed by atoms with E-state index in [-0.39, 0.29) is 5.60 Å². The standard InChI is InChI=1S/C16H23NO2/c1-16(2)11-12-5-3-7-14(15(12)19-16)18-13-6-4-9-17-10-8-13/h3,5,7,13,17H,4,6,8-11H2,1-2H3. The Morgan fingerprint density at radius 3 is 3.05 bits per heavy atom. The van der Waals surface area contributed by atoms with E-state index in [1.165, 1.54) is 12.0 Å². The molecule has 0 bridgehead atoms. The first-order chi connectivity index (χ1) is 9.14. The zero-order valence-corrected chi connectivity index (χ0v) is 11.9. The van der Waals surface area contributed by atoms with Gasteiger partial charge in [-0.25, -0.2) is 0 Å². The van der Waals surface area contributed by atoms with Crippen LogP contribution in [0.1, 0.15) is 38.7 Å². The number of rotatable bonds is 2. The maximum Gasteiger partial charge on any atom is 0.165 e. The average molecular weight is 261 g/mol. The fourth-order valence-corrected chi connectivity index (χ4v) is 2.96. The van der Waals surface area contributed by atoms with Gasteiger partial charge in [-0.1, -0.05) is 12.1 Å². The third kappa shape index (κ3) is 2.86. The van der Waals surface area contributed by atoms with Crippen LogP contribution in [0.15, 0.2) is 18.2 Å². The summed E-state index contributed by atoms with van der Waals surface area (Å²) in [5.41, 5.74) is 1.17. The van der Waals surface area contributed by atoms with Crippen LogP contribution in [0.4, 0.5) is 0 Å². The van der Waals surface area contributed by atoms with E-state index in [4.69, 9.17) is 9.47 Å². The fourth-order valence-electron chi connectivity index (χ4n) is 2.96. The number of para-hydroxylation sites is 1. The molecular formula is C16H23NO2. The molecule has 0 radical (unpaired) electrons. The molecule has 1 fully saturated rings. The molecule has 104 valence electrons. The minimum atomic E-state index is -0.104. The molecule has 3 nitrogen and oxygen atoms in total. The fraction of sp³-hybridized carbons (Fsp3) is 0.625. The predicted molar refractivity (Wildman–Crippen MR) is 76.0 cm³/mol. The number of hydrogen-bond acceptors (Lipinski definition) is 3. The van der Waals surface area contributed by atoms with Crippen LogP contribution >= 0.6 is 0 Å². The van der Waals surface area contributed by atoms with Crippen molar-refractivity contribution >= 4 is 0 Å². The third-order valence-corrected chi connectivity index (χ3v) is 3.87. The second kappa shape index (κ2) is 5.04. The largest absolute Gasteiger partial charge is 0.486 e. The minimum Gasteiger partial charge on any atom is -0.486 e. The van der Waals surface area contributed by atoms with Crippen molar-refractivity contribution in [3.8, 4) is 11.5 Å². The Morgan fingerprint density at radius 1 is 1.26 bits per heavy atom. The van der Waals surface area contributed by atoms with Crippen LogP contribution in [-0.4, -0.2) is 24.8 Å². The maximum absolute atomic E-state index is 6.21. The Hall–Kier alpha value is -1.22. The molecule has 3 rings (SSSR count). The van der Waals surface area contributed by atoms with E-state index in [0.29, 0.717) is 6.10 Å². The molecule has 0 aliphatic carbocycles. The van der Waals surface area contributed by atoms with Gasteiger partial charge in [0.15, 0.2) is 11.5 Å². The highest BCUT2D eigenvalue weighted by molar-refractivity contribution is 5.50. The summed E-state index contributed by atoms with van der Waals surface area (Å²) in [6, 6.07) is 6.26. The number of fused-ring (bicyclic) bond motifs is 1. The monoisotopic (exact) mass is 261 g/mol. The lowest BCUT2D eigenvalue weighted by Gasteiger charge is -2.21. The topological polar surface area (TPSA) is 30.5 Å². The maximum atomic E-state index is 6.21. The first-order valence-corrected chi connectivity index (χ1v) is 7.32. The zero-order valence-electron chi connectivity index (χ0n) is 11.9. The SMILES string of the molecule is CC1(C)Cc2cccc(OC3CCCNCC3)c2O1. The van der Waals surface area contributed by atoms with Gasteiger partial charge in [0.1, 0.15) is 11.7 Å². The van der Waals surface area contributed by atoms with Crippen LogP contribution in [-0.2, 0) is 6.42 Å². The number of hydrogen-bond donors (Lipinski definition) is 1. The quantitative estimate of drug-likeness (QED) is 0.888. The summed E-state index contributed by atoms with van der Waals surface area (Å²) in [5.74, 6) is 1.89. The molecule has 0 saturated carbocycles. The van der Waals surface area contributed by atoms with Gasteiger partial charge in [0.25, 0.3) is 0 Å². The number of nitrogens with one attached hydrogen (secondary N) is 1. The van der Waals surface area contributed by atoms with Crippen LogP contribution in [0.5, 0.6) is 11.5 Å². The zero-order chi connectivity index (χ0) is 13.3. The Morgan fingerprint density at radius 2 is 2.16 bits per heavy atom. The summed E-state index contributed by atoms with van der Waals surface area (Å²) in [4.78, 5) is 0. The first-order valence-electron chi connectivity index (χ1n) is 7.32. The van der Waals surface area contributed by atoms with Crippen molar-refractivity contribution in [2.75, 3.05) is 13.1 Å². The van der Waals surface area contributed by atoms with Crippen molar-refractivity contribution in [3.63, 3.8) is 0 Å². The molecule has 1 aromatic carbocycles. The highest BCUT2D eigenvalue weighted by Gasteiger charge is 2.32. The Bertz CT molecular complexity index is 448. The van der Waals surface area contributed by atoms with Gasteiger partial charge in [0, 0.05) is 12.0 Å². The van der Waals surface area contributed by atoms with Gasteiger partial charge in [-0.15, -0.1) is 0 Å². The van der Waals surface area contributed by atoms with E-state index in [1.54, 1.807) is 0 Å². The van der Waals surface area contributed by atoms with E-state index < -0.39 is 0 Å². The van der Waals surface area contributed by atoms with Gasteiger partial charge in [-0.2, -0.15) is 0 Å². The molecule has 1 N–H and O–H groups in total. The van der Waals surface area contributed by atoms with Crippen molar-refractivity contribution < 1.29 is 9.47 Å². The van der Waals surface area contributed by atoms with Crippen molar-refractivity contribution in [2.24, 2.45) is 0 Å². The highest BCUT2D eigenvalue weighted by Crippen LogP contribution is 2.42. The summed E-state index contributed by atoms with van der Waals surface area (Å²) < 4.78 is 12.3. The number of ether oxygens (including phenoxy) is 2. The van der Waals surface area contributed by atoms with E-state index in [9.17, 15) is 0 Å². The van der Waals surface area contributed by atoms with Gasteiger partial charge in [-0.3, -0.25) is 0 Å². The van der Waals surface area contributed by atoms with E-state index in [1.807, 2.05) is 6.07 Å². The Kier molecular flexibility index (Phi) is 3.40. The van der Waals surface area contributed by atoms with Crippen molar-refractivity contribution in [1.82, 2.24) is 5.32 Å². The Labute approximate surface area is 115 Å². The van der Waals surface area contributed by atoms with E-state index in [0.717, 1.165) is 43.9 Å². The summed E-state index contributed by atoms with van der Waals surface area (Å²) in [6.45, 7) is 6.42. The first kappa shape index (κ1) is 12.8. The molecule has 1 unspecified atom stereocenters. The van der Waals surface area contributed by atoms with Crippen LogP contribution in [0.3, 0.4) is 0 Å². The lowest BCUT2D eigenvalue weighted by molar-refractivity contribution is 0.122. The van der Waals surface area contributed by atoms with Crippen molar-refractivity contribution in [2.45, 2.75) is 51.2 Å². The highest BCUT2D eigenvalue weighted by atomic mass is 16.5. The molecule has 1 aromatic rings. The lowest BCUT2D eigenvalue weighted by Crippen LogP contribution is -2.25. The second-order valence-electron chi connectivity index (χ2n) is 6.20. The van der Waals surface area contributed by atoms with Gasteiger partial charge in [0.05, 0.1) is 0 Å². The van der Waals surface area contributed by atoms with Gasteiger partial charge >= 0.3 is 0 Å². The van der Waals surface area contributed by atoms with Gasteiger partial charge in [-0.05, 0) is 52.3 Å². The average Bonchev–Trinajstić information content (AvgIpc) is 2.53. The van der Waals surface area contributed by atoms with Crippen LogP contribution < -0.4 is 14.8 Å².